The molecule has 0 amide bonds. The molecule has 10 aromatic rings. The molecule has 11 rings (SSSR count). The highest BCUT2D eigenvalue weighted by Crippen LogP contribution is 2.38. The zero-order valence-corrected chi connectivity index (χ0v) is 30.5. The molecule has 0 aliphatic carbocycles. The molecule has 3 heterocycles. The summed E-state index contributed by atoms with van der Waals surface area (Å²) in [5.41, 5.74) is 15.1. The van der Waals surface area contributed by atoms with Gasteiger partial charge in [-0.15, -0.1) is 0 Å². The van der Waals surface area contributed by atoms with Crippen molar-refractivity contribution in [1.29, 1.82) is 0 Å². The molecule has 4 nitrogen and oxygen atoms in total. The Morgan fingerprint density at radius 3 is 1.59 bits per heavy atom. The molecule has 1 unspecified atom stereocenters. The first-order valence-electron chi connectivity index (χ1n) is 19.2. The zero-order valence-electron chi connectivity index (χ0n) is 30.5. The van der Waals surface area contributed by atoms with Crippen LogP contribution in [-0.2, 0) is 0 Å². The van der Waals surface area contributed by atoms with Gasteiger partial charge in [-0.05, 0) is 99.6 Å². The second kappa shape index (κ2) is 13.2. The number of benzene rings is 8. The Balaban J connectivity index is 0.954. The van der Waals surface area contributed by atoms with Gasteiger partial charge in [-0.3, -0.25) is 0 Å². The van der Waals surface area contributed by atoms with Crippen molar-refractivity contribution < 1.29 is 0 Å². The largest absolute Gasteiger partial charge is 0.353 e. The molecule has 0 saturated heterocycles. The van der Waals surface area contributed by atoms with Gasteiger partial charge < -0.3 is 14.5 Å². The number of nitrogens with zero attached hydrogens (tertiary/aromatic N) is 3. The average molecular weight is 717 g/mol. The van der Waals surface area contributed by atoms with Gasteiger partial charge in [-0.2, -0.15) is 0 Å². The minimum absolute atomic E-state index is 0.300. The van der Waals surface area contributed by atoms with Gasteiger partial charge in [0, 0.05) is 33.4 Å². The molecule has 1 N–H and O–H groups in total. The Hall–Kier alpha value is -7.43. The van der Waals surface area contributed by atoms with Crippen molar-refractivity contribution in [3.05, 3.63) is 212 Å². The van der Waals surface area contributed by atoms with Crippen LogP contribution >= 0.6 is 0 Å². The number of aliphatic imine (C=N–C) groups is 1. The van der Waals surface area contributed by atoms with E-state index in [0.29, 0.717) is 0 Å². The average Bonchev–Trinajstić information content (AvgIpc) is 3.79. The third-order valence-corrected chi connectivity index (χ3v) is 11.2. The molecule has 2 aromatic heterocycles. The Kier molecular flexibility index (Phi) is 7.52. The van der Waals surface area contributed by atoms with Crippen molar-refractivity contribution in [1.82, 2.24) is 14.5 Å². The molecule has 0 radical (unpaired) electrons. The maximum absolute atomic E-state index is 5.30. The van der Waals surface area contributed by atoms with Crippen LogP contribution in [0.4, 0.5) is 0 Å². The highest BCUT2D eigenvalue weighted by atomic mass is 15.3. The van der Waals surface area contributed by atoms with E-state index in [-0.39, 0.29) is 6.29 Å². The smallest absolute Gasteiger partial charge is 0.201 e. The fourth-order valence-electron chi connectivity index (χ4n) is 8.52. The molecule has 0 bridgehead atoms. The lowest BCUT2D eigenvalue weighted by molar-refractivity contribution is 0.499. The topological polar surface area (TPSA) is 34.2 Å². The van der Waals surface area contributed by atoms with Gasteiger partial charge in [0.15, 0.2) is 0 Å². The van der Waals surface area contributed by atoms with E-state index in [1.807, 2.05) is 6.20 Å². The zero-order chi connectivity index (χ0) is 37.0. The second-order valence-electron chi connectivity index (χ2n) is 14.5. The van der Waals surface area contributed by atoms with Crippen LogP contribution in [0.1, 0.15) is 11.9 Å². The van der Waals surface area contributed by atoms with E-state index >= 15 is 0 Å². The van der Waals surface area contributed by atoms with Crippen LogP contribution in [-0.4, -0.2) is 14.8 Å². The van der Waals surface area contributed by atoms with Crippen LogP contribution < -0.4 is 5.32 Å². The number of aromatic nitrogens is 2. The number of fused-ring (bicyclic) bond motifs is 6. The SMILES string of the molecule is C1=CC(c2ccc(-c3cccc(-c4ccccc4)c3)cc2)=NC(n2c3ccccc3c3cc(-c4ccc5c(c4)c4ccccc4n5-c4ccccc4)ccc32)N1. The normalized spacial score (nSPS) is 14.1. The van der Waals surface area contributed by atoms with Crippen LogP contribution in [0.2, 0.25) is 0 Å². The van der Waals surface area contributed by atoms with Gasteiger partial charge in [0.25, 0.3) is 0 Å². The Bertz CT molecular complexity index is 3150. The van der Waals surface area contributed by atoms with E-state index in [1.54, 1.807) is 0 Å². The Morgan fingerprint density at radius 1 is 0.375 bits per heavy atom. The van der Waals surface area contributed by atoms with Crippen molar-refractivity contribution in [2.24, 2.45) is 4.99 Å². The van der Waals surface area contributed by atoms with Crippen LogP contribution in [0, 0.1) is 0 Å². The summed E-state index contributed by atoms with van der Waals surface area (Å²) in [6, 6.07) is 69.8. The number of hydrogen-bond acceptors (Lipinski definition) is 2. The van der Waals surface area contributed by atoms with Crippen LogP contribution in [0.25, 0.3) is 82.7 Å². The van der Waals surface area contributed by atoms with Gasteiger partial charge >= 0.3 is 0 Å². The van der Waals surface area contributed by atoms with Crippen LogP contribution in [0.15, 0.2) is 211 Å². The molecule has 4 heteroatoms. The minimum atomic E-state index is -0.300. The molecule has 0 fully saturated rings. The first-order chi connectivity index (χ1) is 27.8. The Labute approximate surface area is 324 Å². The van der Waals surface area contributed by atoms with Gasteiger partial charge in [0.05, 0.1) is 27.8 Å². The first-order valence-corrected chi connectivity index (χ1v) is 19.2. The lowest BCUT2D eigenvalue weighted by Gasteiger charge is -2.22. The number of rotatable bonds is 6. The predicted octanol–water partition coefficient (Wildman–Crippen LogP) is 13.0. The summed E-state index contributed by atoms with van der Waals surface area (Å²) in [5.74, 6) is 0. The fourth-order valence-corrected chi connectivity index (χ4v) is 8.52. The summed E-state index contributed by atoms with van der Waals surface area (Å²) in [4.78, 5) is 5.30. The molecule has 0 spiro atoms. The Morgan fingerprint density at radius 2 is 0.857 bits per heavy atom. The third kappa shape index (κ3) is 5.34. The maximum atomic E-state index is 5.30. The number of allylic oxidation sites excluding steroid dienone is 1. The van der Waals surface area contributed by atoms with E-state index in [4.69, 9.17) is 4.99 Å². The summed E-state index contributed by atoms with van der Waals surface area (Å²) in [5, 5.41) is 8.48. The van der Waals surface area contributed by atoms with Crippen molar-refractivity contribution in [2.75, 3.05) is 0 Å². The molecule has 1 aliphatic heterocycles. The van der Waals surface area contributed by atoms with Gasteiger partial charge in [0.2, 0.25) is 6.29 Å². The van der Waals surface area contributed by atoms with E-state index in [1.165, 1.54) is 71.6 Å². The summed E-state index contributed by atoms with van der Waals surface area (Å²) in [7, 11) is 0. The van der Waals surface area contributed by atoms with Crippen molar-refractivity contribution in [2.45, 2.75) is 6.29 Å². The molecular weight excluding hydrogens is 681 g/mol. The molecule has 1 atom stereocenters. The first kappa shape index (κ1) is 32.0. The summed E-state index contributed by atoms with van der Waals surface area (Å²) >= 11 is 0. The lowest BCUT2D eigenvalue weighted by atomic mass is 9.98. The summed E-state index contributed by atoms with van der Waals surface area (Å²) in [6.45, 7) is 0. The van der Waals surface area contributed by atoms with E-state index in [0.717, 1.165) is 22.3 Å². The van der Waals surface area contributed by atoms with Gasteiger partial charge in [-0.1, -0.05) is 140 Å². The highest BCUT2D eigenvalue weighted by Gasteiger charge is 2.21. The highest BCUT2D eigenvalue weighted by molar-refractivity contribution is 6.13. The fraction of sp³-hybridized carbons (Fsp3) is 0.0192. The molecular formula is C52H36N4. The van der Waals surface area contributed by atoms with E-state index < -0.39 is 0 Å². The number of para-hydroxylation sites is 3. The second-order valence-corrected chi connectivity index (χ2v) is 14.5. The quantitative estimate of drug-likeness (QED) is 0.183. The van der Waals surface area contributed by atoms with E-state index in [2.05, 4.69) is 215 Å². The third-order valence-electron chi connectivity index (χ3n) is 11.2. The summed E-state index contributed by atoms with van der Waals surface area (Å²) < 4.78 is 4.70. The van der Waals surface area contributed by atoms with Crippen molar-refractivity contribution in [3.8, 4) is 39.1 Å². The molecule has 56 heavy (non-hydrogen) atoms. The van der Waals surface area contributed by atoms with Crippen LogP contribution in [0.5, 0.6) is 0 Å². The molecule has 1 aliphatic rings. The standard InChI is InChI=1S/C52H36N4/c1-3-12-35(13-4-1)38-14-11-15-39(32-38)36-22-24-37(25-23-36)47-30-31-53-52(54-47)56-49-21-10-8-19-44(49)46-34-41(27-29-51(46)56)40-26-28-50-45(33-40)43-18-7-9-20-48(43)55(50)42-16-5-2-6-17-42/h1-34,52-53H. The lowest BCUT2D eigenvalue weighted by Crippen LogP contribution is -2.25. The summed E-state index contributed by atoms with van der Waals surface area (Å²) in [6.07, 6.45) is 3.80. The van der Waals surface area contributed by atoms with E-state index in [9.17, 15) is 0 Å². The molecule has 8 aromatic carbocycles. The van der Waals surface area contributed by atoms with Gasteiger partial charge in [-0.25, -0.2) is 4.99 Å². The molecule has 264 valence electrons. The van der Waals surface area contributed by atoms with Crippen LogP contribution in [0.3, 0.4) is 0 Å². The number of nitrogens with one attached hydrogen (secondary N) is 1. The van der Waals surface area contributed by atoms with Gasteiger partial charge in [0.1, 0.15) is 0 Å². The predicted molar refractivity (Wildman–Crippen MR) is 234 cm³/mol. The van der Waals surface area contributed by atoms with Crippen molar-refractivity contribution >= 4 is 49.3 Å². The molecule has 0 saturated carbocycles. The number of hydrogen-bond donors (Lipinski definition) is 1. The minimum Gasteiger partial charge on any atom is -0.353 e. The monoisotopic (exact) mass is 716 g/mol. The maximum Gasteiger partial charge on any atom is 0.201 e. The van der Waals surface area contributed by atoms with Crippen molar-refractivity contribution in [3.63, 3.8) is 0 Å².